The lowest BCUT2D eigenvalue weighted by Gasteiger charge is -2.35. The van der Waals surface area contributed by atoms with Gasteiger partial charge in [-0.3, -0.25) is 0 Å². The molecule has 1 aliphatic carbocycles. The molecule has 1 aromatic heterocycles. The molecule has 0 saturated carbocycles. The van der Waals surface area contributed by atoms with E-state index < -0.39 is 0 Å². The van der Waals surface area contributed by atoms with Gasteiger partial charge in [0.05, 0.1) is 5.69 Å². The van der Waals surface area contributed by atoms with Crippen LogP contribution in [-0.2, 0) is 13.0 Å². The molecule has 3 heterocycles. The van der Waals surface area contributed by atoms with Gasteiger partial charge in [0.15, 0.2) is 5.82 Å². The minimum absolute atomic E-state index is 0.446. The smallest absolute Gasteiger partial charge is 0.151 e. The van der Waals surface area contributed by atoms with Crippen molar-refractivity contribution in [2.24, 2.45) is 5.92 Å². The highest BCUT2D eigenvalue weighted by Crippen LogP contribution is 2.31. The molecule has 136 valence electrons. The van der Waals surface area contributed by atoms with E-state index in [0.29, 0.717) is 6.04 Å². The van der Waals surface area contributed by atoms with Gasteiger partial charge in [-0.1, -0.05) is 24.3 Å². The molecule has 5 heteroatoms. The number of benzene rings is 1. The summed E-state index contributed by atoms with van der Waals surface area (Å²) in [5.41, 5.74) is 3.96. The lowest BCUT2D eigenvalue weighted by Crippen LogP contribution is -2.44. The molecule has 0 radical (unpaired) electrons. The van der Waals surface area contributed by atoms with E-state index in [2.05, 4.69) is 62.1 Å². The summed E-state index contributed by atoms with van der Waals surface area (Å²) in [5, 5.41) is 16.3. The molecule has 5 rings (SSSR count). The molecule has 0 spiro atoms. The molecule has 2 aromatic rings. The number of aromatic nitrogens is 2. The molecular formula is C21H27N5. The zero-order chi connectivity index (χ0) is 17.3. The predicted molar refractivity (Wildman–Crippen MR) is 103 cm³/mol. The van der Waals surface area contributed by atoms with Crippen LogP contribution in [0.4, 0.5) is 5.82 Å². The van der Waals surface area contributed by atoms with Crippen LogP contribution >= 0.6 is 0 Å². The summed E-state index contributed by atoms with van der Waals surface area (Å²) in [6.07, 6.45) is 4.86. The maximum atomic E-state index is 4.52. The van der Waals surface area contributed by atoms with Crippen molar-refractivity contribution in [1.82, 2.24) is 20.8 Å². The summed E-state index contributed by atoms with van der Waals surface area (Å²) in [5.74, 6) is 1.81. The van der Waals surface area contributed by atoms with Crippen LogP contribution in [0, 0.1) is 5.92 Å². The lowest BCUT2D eigenvalue weighted by molar-refractivity contribution is 0.374. The van der Waals surface area contributed by atoms with E-state index in [9.17, 15) is 0 Å². The van der Waals surface area contributed by atoms with Gasteiger partial charge in [0.1, 0.15) is 0 Å². The summed E-state index contributed by atoms with van der Waals surface area (Å²) < 4.78 is 0. The SMILES string of the molecule is c1ccc2c(c1)CC[C@H]2NCc1ccc(N2CC[C@@H]3NCC[C@@H]3C2)nn1. The number of nitrogens with zero attached hydrogens (tertiary/aromatic N) is 3. The predicted octanol–water partition coefficient (Wildman–Crippen LogP) is 2.44. The summed E-state index contributed by atoms with van der Waals surface area (Å²) in [6, 6.07) is 14.2. The van der Waals surface area contributed by atoms with Gasteiger partial charge < -0.3 is 15.5 Å². The quantitative estimate of drug-likeness (QED) is 0.888. The van der Waals surface area contributed by atoms with E-state index in [1.165, 1.54) is 43.4 Å². The highest BCUT2D eigenvalue weighted by atomic mass is 15.3. The third-order valence-electron chi connectivity index (χ3n) is 6.35. The van der Waals surface area contributed by atoms with Gasteiger partial charge in [0, 0.05) is 31.7 Å². The Bertz CT molecular complexity index is 759. The summed E-state index contributed by atoms with van der Waals surface area (Å²) in [4.78, 5) is 2.41. The fourth-order valence-electron chi connectivity index (χ4n) is 4.87. The molecule has 0 unspecified atom stereocenters. The second-order valence-corrected chi connectivity index (χ2v) is 7.90. The maximum absolute atomic E-state index is 4.52. The number of rotatable bonds is 4. The van der Waals surface area contributed by atoms with Crippen molar-refractivity contribution in [1.29, 1.82) is 0 Å². The topological polar surface area (TPSA) is 53.1 Å². The second kappa shape index (κ2) is 6.97. The molecule has 26 heavy (non-hydrogen) atoms. The van der Waals surface area contributed by atoms with Crippen LogP contribution in [-0.4, -0.2) is 35.9 Å². The van der Waals surface area contributed by atoms with Gasteiger partial charge in [-0.05, 0) is 61.4 Å². The second-order valence-electron chi connectivity index (χ2n) is 7.90. The fourth-order valence-corrected chi connectivity index (χ4v) is 4.87. The van der Waals surface area contributed by atoms with Gasteiger partial charge >= 0.3 is 0 Å². The van der Waals surface area contributed by atoms with Gasteiger partial charge in [0.2, 0.25) is 0 Å². The minimum atomic E-state index is 0.446. The van der Waals surface area contributed by atoms with Crippen molar-refractivity contribution >= 4 is 5.82 Å². The first-order valence-corrected chi connectivity index (χ1v) is 9.99. The van der Waals surface area contributed by atoms with Gasteiger partial charge in [-0.25, -0.2) is 0 Å². The van der Waals surface area contributed by atoms with Crippen molar-refractivity contribution in [3.63, 3.8) is 0 Å². The van der Waals surface area contributed by atoms with Crippen LogP contribution in [0.25, 0.3) is 0 Å². The molecular weight excluding hydrogens is 322 g/mol. The Kier molecular flexibility index (Phi) is 4.35. The van der Waals surface area contributed by atoms with Crippen LogP contribution in [0.5, 0.6) is 0 Å². The summed E-state index contributed by atoms with van der Waals surface area (Å²) in [6.45, 7) is 4.15. The summed E-state index contributed by atoms with van der Waals surface area (Å²) >= 11 is 0. The number of hydrogen-bond acceptors (Lipinski definition) is 5. The number of piperidine rings is 1. The Hall–Kier alpha value is -1.98. The normalized spacial score (nSPS) is 27.4. The van der Waals surface area contributed by atoms with E-state index in [4.69, 9.17) is 0 Å². The molecule has 2 fully saturated rings. The average Bonchev–Trinajstić information content (AvgIpc) is 3.33. The highest BCUT2D eigenvalue weighted by Gasteiger charge is 2.33. The Morgan fingerprint density at radius 3 is 2.96 bits per heavy atom. The van der Waals surface area contributed by atoms with Crippen LogP contribution < -0.4 is 15.5 Å². The Labute approximate surface area is 155 Å². The Morgan fingerprint density at radius 1 is 1.08 bits per heavy atom. The molecule has 2 aliphatic heterocycles. The van der Waals surface area contributed by atoms with Gasteiger partial charge in [0.25, 0.3) is 0 Å². The van der Waals surface area contributed by atoms with Crippen LogP contribution in [0.2, 0.25) is 0 Å². The number of nitrogens with one attached hydrogen (secondary N) is 2. The van der Waals surface area contributed by atoms with Gasteiger partial charge in [-0.2, -0.15) is 5.10 Å². The molecule has 0 amide bonds. The molecule has 3 atom stereocenters. The first-order valence-electron chi connectivity index (χ1n) is 9.99. The van der Waals surface area contributed by atoms with E-state index in [0.717, 1.165) is 43.1 Å². The van der Waals surface area contributed by atoms with Crippen molar-refractivity contribution in [3.05, 3.63) is 53.2 Å². The third-order valence-corrected chi connectivity index (χ3v) is 6.35. The minimum Gasteiger partial charge on any atom is -0.355 e. The standard InChI is InChI=1S/C21H27N5/c1-2-4-18-15(3-1)5-7-20(18)23-13-17-6-8-21(25-24-17)26-12-10-19-16(14-26)9-11-22-19/h1-4,6,8,16,19-20,22-23H,5,7,9-14H2/t16-,19+,20-/m1/s1. The van der Waals surface area contributed by atoms with Crippen LogP contribution in [0.1, 0.15) is 42.1 Å². The largest absolute Gasteiger partial charge is 0.355 e. The van der Waals surface area contributed by atoms with E-state index in [1.807, 2.05) is 0 Å². The number of fused-ring (bicyclic) bond motifs is 2. The molecule has 2 N–H and O–H groups in total. The van der Waals surface area contributed by atoms with Crippen LogP contribution in [0.15, 0.2) is 36.4 Å². The third kappa shape index (κ3) is 3.10. The molecule has 0 bridgehead atoms. The Balaban J connectivity index is 1.19. The average molecular weight is 349 g/mol. The lowest BCUT2D eigenvalue weighted by atomic mass is 9.93. The van der Waals surface area contributed by atoms with E-state index in [1.54, 1.807) is 0 Å². The number of aryl methyl sites for hydroxylation is 1. The Morgan fingerprint density at radius 2 is 2.04 bits per heavy atom. The molecule has 5 nitrogen and oxygen atoms in total. The highest BCUT2D eigenvalue weighted by molar-refractivity contribution is 5.39. The fraction of sp³-hybridized carbons (Fsp3) is 0.524. The van der Waals surface area contributed by atoms with E-state index >= 15 is 0 Å². The van der Waals surface area contributed by atoms with Crippen LogP contribution in [0.3, 0.4) is 0 Å². The first-order chi connectivity index (χ1) is 12.9. The first kappa shape index (κ1) is 16.2. The van der Waals surface area contributed by atoms with E-state index in [-0.39, 0.29) is 0 Å². The van der Waals surface area contributed by atoms with Crippen molar-refractivity contribution in [3.8, 4) is 0 Å². The molecule has 3 aliphatic rings. The van der Waals surface area contributed by atoms with Crippen molar-refractivity contribution in [2.75, 3.05) is 24.5 Å². The number of hydrogen-bond donors (Lipinski definition) is 2. The monoisotopic (exact) mass is 349 g/mol. The van der Waals surface area contributed by atoms with Crippen molar-refractivity contribution in [2.45, 2.75) is 44.3 Å². The van der Waals surface area contributed by atoms with Crippen molar-refractivity contribution < 1.29 is 0 Å². The zero-order valence-electron chi connectivity index (χ0n) is 15.2. The molecule has 2 saturated heterocycles. The zero-order valence-corrected chi connectivity index (χ0v) is 15.2. The van der Waals surface area contributed by atoms with Gasteiger partial charge in [-0.15, -0.1) is 5.10 Å². The summed E-state index contributed by atoms with van der Waals surface area (Å²) in [7, 11) is 0. The molecule has 1 aromatic carbocycles. The number of anilines is 1. The maximum Gasteiger partial charge on any atom is 0.151 e.